The van der Waals surface area contributed by atoms with Crippen LogP contribution in [0.3, 0.4) is 0 Å². The molecular weight excluding hydrogens is 640 g/mol. The van der Waals surface area contributed by atoms with Gasteiger partial charge in [0.25, 0.3) is 0 Å². The SMILES string of the molecule is Cc1ccc2cccc([O][Al]([O]c3ccc(-c4c5ccccc5cc5c4sc4ccccc45)cc3)[O]c3cccc4ccc(C)nc34)c2n1. The number of benzene rings is 6. The minimum Gasteiger partial charge on any atom is -0.577 e. The van der Waals surface area contributed by atoms with Gasteiger partial charge < -0.3 is 11.4 Å². The lowest BCUT2D eigenvalue weighted by Gasteiger charge is -2.18. The van der Waals surface area contributed by atoms with Gasteiger partial charge in [0, 0.05) is 47.9 Å². The molecule has 7 heteroatoms. The van der Waals surface area contributed by atoms with E-state index in [2.05, 4.69) is 78.9 Å². The summed E-state index contributed by atoms with van der Waals surface area (Å²) in [6.45, 7) is 3.96. The van der Waals surface area contributed by atoms with Crippen molar-refractivity contribution in [2.24, 2.45) is 0 Å². The van der Waals surface area contributed by atoms with Crippen molar-refractivity contribution in [3.05, 3.63) is 151 Å². The first-order valence-corrected chi connectivity index (χ1v) is 18.5. The summed E-state index contributed by atoms with van der Waals surface area (Å²) < 4.78 is 22.5. The van der Waals surface area contributed by atoms with Crippen molar-refractivity contribution in [3.63, 3.8) is 0 Å². The van der Waals surface area contributed by atoms with E-state index in [0.29, 0.717) is 17.2 Å². The Kier molecular flexibility index (Phi) is 7.40. The average Bonchev–Trinajstić information content (AvgIpc) is 3.49. The third kappa shape index (κ3) is 5.52. The number of fused-ring (bicyclic) bond motifs is 6. The molecule has 0 fully saturated rings. The van der Waals surface area contributed by atoms with Crippen molar-refractivity contribution in [2.75, 3.05) is 0 Å². The highest BCUT2D eigenvalue weighted by atomic mass is 32.1. The van der Waals surface area contributed by atoms with Gasteiger partial charge in [-0.05, 0) is 78.7 Å². The number of aromatic nitrogens is 2. The van der Waals surface area contributed by atoms with Crippen molar-refractivity contribution in [1.82, 2.24) is 9.97 Å². The standard InChI is InChI=1S/C22H14OS.2C10H9NO.Al/c23-16-11-9-14(10-12-16)21-17-6-2-1-5-15(17)13-19-18-7-3-4-8-20(18)24-22(19)21;2*1-7-5-6-8-3-2-4-9(12)10(8)11-7;/h1-13,23H;2*2-6,12H,1H3;/q;;;+3/p-3. The topological polar surface area (TPSA) is 53.5 Å². The van der Waals surface area contributed by atoms with E-state index >= 15 is 0 Å². The molecule has 6 aromatic carbocycles. The van der Waals surface area contributed by atoms with Gasteiger partial charge in [-0.15, -0.1) is 11.3 Å². The molecule has 0 spiro atoms. The number of thiophene rings is 1. The van der Waals surface area contributed by atoms with Crippen LogP contribution in [0.2, 0.25) is 0 Å². The number of para-hydroxylation sites is 2. The van der Waals surface area contributed by atoms with E-state index in [4.69, 9.17) is 21.3 Å². The summed E-state index contributed by atoms with van der Waals surface area (Å²) in [4.78, 5) is 9.58. The predicted octanol–water partition coefficient (Wildman–Crippen LogP) is 11.1. The minimum atomic E-state index is -2.93. The van der Waals surface area contributed by atoms with E-state index in [9.17, 15) is 0 Å². The lowest BCUT2D eigenvalue weighted by molar-refractivity contribution is 0.310. The highest BCUT2D eigenvalue weighted by molar-refractivity contribution is 7.26. The molecule has 5 nitrogen and oxygen atoms in total. The van der Waals surface area contributed by atoms with E-state index in [-0.39, 0.29) is 0 Å². The molecule has 0 aliphatic rings. The molecule has 0 unspecified atom stereocenters. The summed E-state index contributed by atoms with van der Waals surface area (Å²) in [5.41, 5.74) is 5.73. The molecule has 9 aromatic rings. The second kappa shape index (κ2) is 12.2. The van der Waals surface area contributed by atoms with Crippen LogP contribution in [-0.2, 0) is 0 Å². The summed E-state index contributed by atoms with van der Waals surface area (Å²) in [7, 11) is 0. The van der Waals surface area contributed by atoms with Crippen LogP contribution in [0.1, 0.15) is 11.4 Å². The van der Waals surface area contributed by atoms with E-state index in [1.807, 2.05) is 85.8 Å². The average molecular weight is 669 g/mol. The fourth-order valence-corrected chi connectivity index (χ4v) is 9.11. The largest absolute Gasteiger partial charge is 1.20 e. The van der Waals surface area contributed by atoms with E-state index in [1.54, 1.807) is 0 Å². The lowest BCUT2D eigenvalue weighted by atomic mass is 9.95. The van der Waals surface area contributed by atoms with E-state index in [0.717, 1.165) is 38.8 Å². The highest BCUT2D eigenvalue weighted by Gasteiger charge is 2.45. The van der Waals surface area contributed by atoms with Gasteiger partial charge >= 0.3 is 15.1 Å². The van der Waals surface area contributed by atoms with Gasteiger partial charge in [-0.3, -0.25) is 0 Å². The Morgan fingerprint density at radius 1 is 0.510 bits per heavy atom. The Hall–Kier alpha value is -5.45. The predicted molar refractivity (Wildman–Crippen MR) is 203 cm³/mol. The summed E-state index contributed by atoms with van der Waals surface area (Å²) in [6.07, 6.45) is 0. The number of pyridine rings is 2. The van der Waals surface area contributed by atoms with Crippen LogP contribution in [0.5, 0.6) is 17.2 Å². The quantitative estimate of drug-likeness (QED) is 0.158. The Morgan fingerprint density at radius 3 is 1.78 bits per heavy atom. The fraction of sp³-hybridized carbons (Fsp3) is 0.0476. The fourth-order valence-electron chi connectivity index (χ4n) is 6.53. The van der Waals surface area contributed by atoms with Crippen LogP contribution in [0, 0.1) is 13.8 Å². The molecule has 234 valence electrons. The lowest BCUT2D eigenvalue weighted by Crippen LogP contribution is -2.37. The van der Waals surface area contributed by atoms with Crippen LogP contribution < -0.4 is 11.4 Å². The van der Waals surface area contributed by atoms with Crippen molar-refractivity contribution in [1.29, 1.82) is 0 Å². The van der Waals surface area contributed by atoms with Crippen molar-refractivity contribution in [2.45, 2.75) is 13.8 Å². The molecule has 0 aliphatic heterocycles. The maximum absolute atomic E-state index is 6.64. The molecule has 3 aromatic heterocycles. The Bertz CT molecular complexity index is 2600. The molecule has 3 heterocycles. The molecule has 0 radical (unpaired) electrons. The monoisotopic (exact) mass is 668 g/mol. The molecule has 0 amide bonds. The summed E-state index contributed by atoms with van der Waals surface area (Å²) >= 11 is -1.09. The van der Waals surface area contributed by atoms with Crippen LogP contribution in [0.4, 0.5) is 0 Å². The zero-order valence-corrected chi connectivity index (χ0v) is 28.9. The maximum atomic E-state index is 6.64. The molecule has 9 rings (SSSR count). The first-order valence-electron chi connectivity index (χ1n) is 16.2. The van der Waals surface area contributed by atoms with Crippen molar-refractivity contribution < 1.29 is 11.4 Å². The van der Waals surface area contributed by atoms with Gasteiger partial charge in [0.2, 0.25) is 0 Å². The highest BCUT2D eigenvalue weighted by Crippen LogP contribution is 2.44. The maximum Gasteiger partial charge on any atom is 1.20 e. The smallest absolute Gasteiger partial charge is 0.577 e. The second-order valence-corrected chi connectivity index (χ2v) is 14.5. The van der Waals surface area contributed by atoms with Gasteiger partial charge in [0.15, 0.2) is 0 Å². The van der Waals surface area contributed by atoms with Crippen LogP contribution in [0.15, 0.2) is 140 Å². The molecule has 0 N–H and O–H groups in total. The molecule has 0 saturated carbocycles. The second-order valence-electron chi connectivity index (χ2n) is 12.2. The third-order valence-electron chi connectivity index (χ3n) is 8.86. The zero-order valence-electron chi connectivity index (χ0n) is 26.9. The number of hydrogen-bond donors (Lipinski definition) is 0. The molecule has 0 atom stereocenters. The van der Waals surface area contributed by atoms with Crippen molar-refractivity contribution >= 4 is 79.2 Å². The summed E-state index contributed by atoms with van der Waals surface area (Å²) in [6, 6.07) is 47.9. The molecule has 0 aliphatic carbocycles. The summed E-state index contributed by atoms with van der Waals surface area (Å²) in [5, 5.41) is 7.00. The Balaban J connectivity index is 1.12. The number of nitrogens with zero attached hydrogens (tertiary/aromatic N) is 2. The van der Waals surface area contributed by atoms with Crippen LogP contribution >= 0.6 is 11.3 Å². The molecule has 0 bridgehead atoms. The normalized spacial score (nSPS) is 11.5. The van der Waals surface area contributed by atoms with Crippen LogP contribution in [0.25, 0.3) is 63.9 Å². The number of aryl methyl sites for hydroxylation is 2. The third-order valence-corrected chi connectivity index (χ3v) is 11.4. The van der Waals surface area contributed by atoms with Gasteiger partial charge in [-0.2, -0.15) is 0 Å². The van der Waals surface area contributed by atoms with E-state index < -0.39 is 15.1 Å². The van der Waals surface area contributed by atoms with Gasteiger partial charge in [0.1, 0.15) is 22.5 Å². The van der Waals surface area contributed by atoms with Crippen LogP contribution in [-0.4, -0.2) is 25.1 Å². The molecule has 49 heavy (non-hydrogen) atoms. The zero-order chi connectivity index (χ0) is 32.9. The molecular formula is C42H29AlN2O3S. The van der Waals surface area contributed by atoms with Gasteiger partial charge in [-0.1, -0.05) is 91.0 Å². The minimum absolute atomic E-state index is 0.627. The van der Waals surface area contributed by atoms with Gasteiger partial charge in [0.05, 0.1) is 5.75 Å². The number of rotatable bonds is 7. The number of hydrogen-bond acceptors (Lipinski definition) is 6. The Morgan fingerprint density at radius 2 is 1.10 bits per heavy atom. The van der Waals surface area contributed by atoms with Gasteiger partial charge in [-0.25, -0.2) is 9.97 Å². The molecule has 0 saturated heterocycles. The summed E-state index contributed by atoms with van der Waals surface area (Å²) in [5.74, 6) is 1.92. The van der Waals surface area contributed by atoms with Crippen molar-refractivity contribution in [3.8, 4) is 28.4 Å². The first kappa shape index (κ1) is 29.7. The van der Waals surface area contributed by atoms with E-state index in [1.165, 1.54) is 36.5 Å². The Labute approximate surface area is 292 Å². The first-order chi connectivity index (χ1) is 24.1.